The van der Waals surface area contributed by atoms with E-state index in [2.05, 4.69) is 68.6 Å². The second-order valence-electron chi connectivity index (χ2n) is 5.15. The molecule has 0 aliphatic rings. The van der Waals surface area contributed by atoms with Crippen molar-refractivity contribution in [3.8, 4) is 5.75 Å². The molecule has 1 N–H and O–H groups in total. The second-order valence-corrected chi connectivity index (χ2v) is 5.15. The highest BCUT2D eigenvalue weighted by molar-refractivity contribution is 5.36. The summed E-state index contributed by atoms with van der Waals surface area (Å²) in [4.78, 5) is 0. The molecule has 0 unspecified atom stereocenters. The Morgan fingerprint density at radius 2 is 1.65 bits per heavy atom. The molecule has 2 heteroatoms. The predicted octanol–water partition coefficient (Wildman–Crippen LogP) is 3.99. The van der Waals surface area contributed by atoms with Crippen LogP contribution in [0.5, 0.6) is 5.75 Å². The molecule has 0 aromatic heterocycles. The van der Waals surface area contributed by atoms with Crippen molar-refractivity contribution >= 4 is 0 Å². The normalized spacial score (nSPS) is 10.6. The molecule has 0 saturated heterocycles. The predicted molar refractivity (Wildman–Crippen MR) is 84.1 cm³/mol. The lowest BCUT2D eigenvalue weighted by Gasteiger charge is -2.10. The van der Waals surface area contributed by atoms with Crippen LogP contribution in [-0.2, 0) is 13.2 Å². The van der Waals surface area contributed by atoms with Crippen LogP contribution in [0.2, 0.25) is 0 Å². The van der Waals surface area contributed by atoms with Gasteiger partial charge in [-0.3, -0.25) is 0 Å². The zero-order chi connectivity index (χ0) is 14.4. The number of ether oxygens (including phenoxy) is 1. The Kier molecular flexibility index (Phi) is 5.19. The quantitative estimate of drug-likeness (QED) is 0.856. The summed E-state index contributed by atoms with van der Waals surface area (Å²) < 4.78 is 5.91. The Morgan fingerprint density at radius 3 is 2.35 bits per heavy atom. The van der Waals surface area contributed by atoms with E-state index >= 15 is 0 Å². The van der Waals surface area contributed by atoms with Crippen molar-refractivity contribution in [1.29, 1.82) is 0 Å². The summed E-state index contributed by atoms with van der Waals surface area (Å²) >= 11 is 0. The van der Waals surface area contributed by atoms with Crippen molar-refractivity contribution in [3.05, 3.63) is 64.7 Å². The minimum Gasteiger partial charge on any atom is -0.489 e. The standard InChI is InChI=1S/C18H23NO/c1-4-19-12-16-7-9-17(10-8-16)13-20-18-11-14(2)5-6-15(18)3/h5-11,19H,4,12-13H2,1-3H3. The van der Waals surface area contributed by atoms with Crippen molar-refractivity contribution in [2.75, 3.05) is 6.54 Å². The van der Waals surface area contributed by atoms with Crippen molar-refractivity contribution in [3.63, 3.8) is 0 Å². The average molecular weight is 269 g/mol. The first-order valence-corrected chi connectivity index (χ1v) is 7.17. The molecule has 0 atom stereocenters. The Balaban J connectivity index is 1.95. The van der Waals surface area contributed by atoms with Gasteiger partial charge < -0.3 is 10.1 Å². The first-order valence-electron chi connectivity index (χ1n) is 7.17. The highest BCUT2D eigenvalue weighted by atomic mass is 16.5. The van der Waals surface area contributed by atoms with Crippen molar-refractivity contribution in [2.24, 2.45) is 0 Å². The van der Waals surface area contributed by atoms with Gasteiger partial charge in [-0.2, -0.15) is 0 Å². The highest BCUT2D eigenvalue weighted by Crippen LogP contribution is 2.20. The minimum atomic E-state index is 0.617. The van der Waals surface area contributed by atoms with Gasteiger partial charge in [0.25, 0.3) is 0 Å². The molecule has 0 bridgehead atoms. The van der Waals surface area contributed by atoms with Gasteiger partial charge in [-0.15, -0.1) is 0 Å². The van der Waals surface area contributed by atoms with Gasteiger partial charge in [-0.25, -0.2) is 0 Å². The number of rotatable bonds is 6. The van der Waals surface area contributed by atoms with Crippen LogP contribution in [0, 0.1) is 13.8 Å². The third kappa shape index (κ3) is 4.10. The van der Waals surface area contributed by atoms with E-state index in [0.29, 0.717) is 6.61 Å². The maximum Gasteiger partial charge on any atom is 0.122 e. The molecule has 2 rings (SSSR count). The highest BCUT2D eigenvalue weighted by Gasteiger charge is 2.01. The Bertz CT molecular complexity index is 546. The molecule has 0 spiro atoms. The van der Waals surface area contributed by atoms with Crippen LogP contribution in [0.3, 0.4) is 0 Å². The molecular formula is C18H23NO. The van der Waals surface area contributed by atoms with Crippen molar-refractivity contribution in [1.82, 2.24) is 5.32 Å². The van der Waals surface area contributed by atoms with Crippen LogP contribution in [0.25, 0.3) is 0 Å². The molecule has 2 nitrogen and oxygen atoms in total. The maximum atomic E-state index is 5.91. The summed E-state index contributed by atoms with van der Waals surface area (Å²) in [6, 6.07) is 14.9. The zero-order valence-corrected chi connectivity index (χ0v) is 12.6. The fourth-order valence-electron chi connectivity index (χ4n) is 2.05. The summed E-state index contributed by atoms with van der Waals surface area (Å²) in [6.45, 7) is 8.82. The first kappa shape index (κ1) is 14.6. The van der Waals surface area contributed by atoms with E-state index in [9.17, 15) is 0 Å². The van der Waals surface area contributed by atoms with Gasteiger partial charge in [0.2, 0.25) is 0 Å². The molecule has 0 aliphatic heterocycles. The Morgan fingerprint density at radius 1 is 0.950 bits per heavy atom. The minimum absolute atomic E-state index is 0.617. The van der Waals surface area contributed by atoms with Gasteiger partial charge in [0.15, 0.2) is 0 Å². The first-order chi connectivity index (χ1) is 9.69. The lowest BCUT2D eigenvalue weighted by Crippen LogP contribution is -2.11. The van der Waals surface area contributed by atoms with Gasteiger partial charge in [0.1, 0.15) is 12.4 Å². The van der Waals surface area contributed by atoms with E-state index in [1.807, 2.05) is 0 Å². The summed E-state index contributed by atoms with van der Waals surface area (Å²) in [5.74, 6) is 0.974. The van der Waals surface area contributed by atoms with Crippen LogP contribution in [0.1, 0.15) is 29.2 Å². The molecule has 0 amide bonds. The molecule has 0 radical (unpaired) electrons. The van der Waals surface area contributed by atoms with Gasteiger partial charge in [0.05, 0.1) is 0 Å². The van der Waals surface area contributed by atoms with Crippen molar-refractivity contribution in [2.45, 2.75) is 33.9 Å². The molecule has 2 aromatic rings. The summed E-state index contributed by atoms with van der Waals surface area (Å²) in [5.41, 5.74) is 4.92. The Labute approximate surface area is 121 Å². The number of nitrogens with one attached hydrogen (secondary N) is 1. The van der Waals surface area contributed by atoms with E-state index in [-0.39, 0.29) is 0 Å². The number of hydrogen-bond donors (Lipinski definition) is 1. The van der Waals surface area contributed by atoms with Crippen LogP contribution in [0.15, 0.2) is 42.5 Å². The molecule has 2 aromatic carbocycles. The smallest absolute Gasteiger partial charge is 0.122 e. The number of aryl methyl sites for hydroxylation is 2. The lowest BCUT2D eigenvalue weighted by atomic mass is 10.1. The summed E-state index contributed by atoms with van der Waals surface area (Å²) in [5, 5.41) is 3.32. The van der Waals surface area contributed by atoms with Crippen LogP contribution in [0.4, 0.5) is 0 Å². The molecule has 0 saturated carbocycles. The van der Waals surface area contributed by atoms with Gasteiger partial charge >= 0.3 is 0 Å². The van der Waals surface area contributed by atoms with Gasteiger partial charge in [0, 0.05) is 6.54 Å². The monoisotopic (exact) mass is 269 g/mol. The molecule has 20 heavy (non-hydrogen) atoms. The summed E-state index contributed by atoms with van der Waals surface area (Å²) in [7, 11) is 0. The molecule has 0 aliphatic carbocycles. The Hall–Kier alpha value is -1.80. The van der Waals surface area contributed by atoms with Crippen LogP contribution >= 0.6 is 0 Å². The third-order valence-electron chi connectivity index (χ3n) is 3.34. The van der Waals surface area contributed by atoms with Crippen molar-refractivity contribution < 1.29 is 4.74 Å². The SMILES string of the molecule is CCNCc1ccc(COc2cc(C)ccc2C)cc1. The van der Waals surface area contributed by atoms with Crippen LogP contribution in [-0.4, -0.2) is 6.54 Å². The summed E-state index contributed by atoms with van der Waals surface area (Å²) in [6.07, 6.45) is 0. The third-order valence-corrected chi connectivity index (χ3v) is 3.34. The van der Waals surface area contributed by atoms with E-state index in [1.54, 1.807) is 0 Å². The van der Waals surface area contributed by atoms with Gasteiger partial charge in [-0.1, -0.05) is 43.3 Å². The lowest BCUT2D eigenvalue weighted by molar-refractivity contribution is 0.304. The molecule has 0 heterocycles. The van der Waals surface area contributed by atoms with Crippen LogP contribution < -0.4 is 10.1 Å². The molecule has 106 valence electrons. The van der Waals surface area contributed by atoms with Gasteiger partial charge in [-0.05, 0) is 48.7 Å². The average Bonchev–Trinajstić information content (AvgIpc) is 2.47. The topological polar surface area (TPSA) is 21.3 Å². The van der Waals surface area contributed by atoms with E-state index < -0.39 is 0 Å². The maximum absolute atomic E-state index is 5.91. The number of hydrogen-bond acceptors (Lipinski definition) is 2. The number of benzene rings is 2. The second kappa shape index (κ2) is 7.11. The molecule has 0 fully saturated rings. The van der Waals surface area contributed by atoms with E-state index in [4.69, 9.17) is 4.74 Å². The largest absolute Gasteiger partial charge is 0.489 e. The fourth-order valence-corrected chi connectivity index (χ4v) is 2.05. The van der Waals surface area contributed by atoms with E-state index in [0.717, 1.165) is 18.8 Å². The zero-order valence-electron chi connectivity index (χ0n) is 12.6. The fraction of sp³-hybridized carbons (Fsp3) is 0.333. The van der Waals surface area contributed by atoms with E-state index in [1.165, 1.54) is 22.3 Å². The molecular weight excluding hydrogens is 246 g/mol.